The van der Waals surface area contributed by atoms with Gasteiger partial charge in [0, 0.05) is 36.6 Å². The molecule has 0 aliphatic heterocycles. The Morgan fingerprint density at radius 2 is 1.68 bits per heavy atom. The second-order valence-electron chi connectivity index (χ2n) is 5.32. The highest BCUT2D eigenvalue weighted by Gasteiger charge is 2.05. The first-order valence-corrected chi connectivity index (χ1v) is 8.04. The Hall–Kier alpha value is -3.21. The minimum atomic E-state index is -0.319. The van der Waals surface area contributed by atoms with Gasteiger partial charge in [-0.3, -0.25) is 4.98 Å². The molecular weight excluding hydrogens is 316 g/mol. The summed E-state index contributed by atoms with van der Waals surface area (Å²) in [5, 5.41) is 0. The molecule has 2 aromatic heterocycles. The Morgan fingerprint density at radius 1 is 0.880 bits per heavy atom. The number of aromatic nitrogens is 2. The Labute approximate surface area is 146 Å². The molecule has 3 rings (SSSR count). The van der Waals surface area contributed by atoms with Crippen LogP contribution in [0.5, 0.6) is 5.88 Å². The van der Waals surface area contributed by atoms with E-state index in [1.165, 1.54) is 0 Å². The van der Waals surface area contributed by atoms with Crippen molar-refractivity contribution in [2.45, 2.75) is 6.42 Å². The number of hydrogen-bond acceptors (Lipinski definition) is 5. The lowest BCUT2D eigenvalue weighted by Crippen LogP contribution is -2.09. The zero-order valence-corrected chi connectivity index (χ0v) is 13.7. The molecule has 126 valence electrons. The van der Waals surface area contributed by atoms with Gasteiger partial charge in [0.15, 0.2) is 0 Å². The molecule has 0 atom stereocenters. The van der Waals surface area contributed by atoms with E-state index in [-0.39, 0.29) is 5.97 Å². The average Bonchev–Trinajstić information content (AvgIpc) is 2.69. The van der Waals surface area contributed by atoms with Crippen LogP contribution >= 0.6 is 0 Å². The summed E-state index contributed by atoms with van der Waals surface area (Å²) in [6.07, 6.45) is 5.86. The molecule has 0 radical (unpaired) electrons. The quantitative estimate of drug-likeness (QED) is 0.486. The molecule has 1 aromatic carbocycles. The predicted octanol–water partition coefficient (Wildman–Crippen LogP) is 3.77. The van der Waals surface area contributed by atoms with Gasteiger partial charge in [-0.15, -0.1) is 0 Å². The van der Waals surface area contributed by atoms with Crippen molar-refractivity contribution in [1.29, 1.82) is 0 Å². The summed E-state index contributed by atoms with van der Waals surface area (Å²) in [4.78, 5) is 20.1. The van der Waals surface area contributed by atoms with Gasteiger partial charge in [0.25, 0.3) is 0 Å². The number of benzene rings is 1. The Kier molecular flexibility index (Phi) is 5.72. The van der Waals surface area contributed by atoms with Crippen molar-refractivity contribution >= 4 is 5.97 Å². The van der Waals surface area contributed by atoms with Crippen LogP contribution in [-0.4, -0.2) is 29.2 Å². The smallest absolute Gasteiger partial charge is 0.338 e. The molecule has 0 fully saturated rings. The van der Waals surface area contributed by atoms with E-state index in [9.17, 15) is 4.79 Å². The second-order valence-corrected chi connectivity index (χ2v) is 5.32. The van der Waals surface area contributed by atoms with Crippen molar-refractivity contribution in [3.05, 3.63) is 78.8 Å². The van der Waals surface area contributed by atoms with Crippen LogP contribution in [0.4, 0.5) is 0 Å². The number of esters is 1. The van der Waals surface area contributed by atoms with Crippen molar-refractivity contribution in [3.63, 3.8) is 0 Å². The normalized spacial score (nSPS) is 10.2. The van der Waals surface area contributed by atoms with E-state index in [4.69, 9.17) is 9.47 Å². The van der Waals surface area contributed by atoms with E-state index >= 15 is 0 Å². The zero-order valence-electron chi connectivity index (χ0n) is 13.7. The Bertz CT molecular complexity index is 790. The van der Waals surface area contributed by atoms with E-state index in [1.54, 1.807) is 42.9 Å². The van der Waals surface area contributed by atoms with Crippen molar-refractivity contribution < 1.29 is 14.3 Å². The molecule has 0 saturated heterocycles. The number of rotatable bonds is 7. The minimum absolute atomic E-state index is 0.308. The van der Waals surface area contributed by atoms with Gasteiger partial charge in [-0.25, -0.2) is 9.78 Å². The molecule has 5 nitrogen and oxygen atoms in total. The van der Waals surface area contributed by atoms with Gasteiger partial charge in [0.1, 0.15) is 0 Å². The predicted molar refractivity (Wildman–Crippen MR) is 94.3 cm³/mol. The van der Waals surface area contributed by atoms with Crippen LogP contribution in [0, 0.1) is 0 Å². The molecule has 0 aliphatic rings. The number of nitrogens with zero attached hydrogens (tertiary/aromatic N) is 2. The van der Waals surface area contributed by atoms with Crippen molar-refractivity contribution in [2.75, 3.05) is 13.2 Å². The maximum Gasteiger partial charge on any atom is 0.338 e. The van der Waals surface area contributed by atoms with Gasteiger partial charge in [-0.2, -0.15) is 0 Å². The molecule has 0 spiro atoms. The van der Waals surface area contributed by atoms with Crippen LogP contribution in [0.3, 0.4) is 0 Å². The van der Waals surface area contributed by atoms with Gasteiger partial charge in [-0.1, -0.05) is 18.2 Å². The maximum absolute atomic E-state index is 11.8. The first-order chi connectivity index (χ1) is 12.3. The van der Waals surface area contributed by atoms with E-state index in [1.807, 2.05) is 30.3 Å². The Morgan fingerprint density at radius 3 is 2.40 bits per heavy atom. The highest BCUT2D eigenvalue weighted by Crippen LogP contribution is 2.19. The van der Waals surface area contributed by atoms with Crippen molar-refractivity contribution in [3.8, 4) is 17.0 Å². The van der Waals surface area contributed by atoms with Crippen LogP contribution < -0.4 is 4.74 Å². The van der Waals surface area contributed by atoms with Gasteiger partial charge >= 0.3 is 5.97 Å². The zero-order chi connectivity index (χ0) is 17.3. The molecule has 0 bridgehead atoms. The highest BCUT2D eigenvalue weighted by atomic mass is 16.5. The first-order valence-electron chi connectivity index (χ1n) is 8.04. The lowest BCUT2D eigenvalue weighted by molar-refractivity contribution is 0.0485. The first kappa shape index (κ1) is 16.6. The third-order valence-electron chi connectivity index (χ3n) is 3.53. The fourth-order valence-electron chi connectivity index (χ4n) is 2.24. The van der Waals surface area contributed by atoms with Crippen LogP contribution in [0.15, 0.2) is 73.2 Å². The van der Waals surface area contributed by atoms with E-state index < -0.39 is 0 Å². The molecule has 0 amide bonds. The molecule has 0 N–H and O–H groups in total. The van der Waals surface area contributed by atoms with Crippen molar-refractivity contribution in [2.24, 2.45) is 0 Å². The summed E-state index contributed by atoms with van der Waals surface area (Å²) in [6, 6.07) is 16.6. The third-order valence-corrected chi connectivity index (χ3v) is 3.53. The SMILES string of the molecule is O=C(OCCCOc1ccc(-c2ccncc2)cn1)c1ccccc1. The standard InChI is InChI=1S/C20H18N2O3/c23-20(17-5-2-1-3-6-17)25-14-4-13-24-19-8-7-18(15-22-19)16-9-11-21-12-10-16/h1-3,5-12,15H,4,13-14H2. The molecule has 0 unspecified atom stereocenters. The lowest BCUT2D eigenvalue weighted by atomic mass is 10.1. The fraction of sp³-hybridized carbons (Fsp3) is 0.150. The molecule has 25 heavy (non-hydrogen) atoms. The topological polar surface area (TPSA) is 61.3 Å². The van der Waals surface area contributed by atoms with Crippen LogP contribution in [0.25, 0.3) is 11.1 Å². The fourth-order valence-corrected chi connectivity index (χ4v) is 2.24. The summed E-state index contributed by atoms with van der Waals surface area (Å²) < 4.78 is 10.8. The van der Waals surface area contributed by atoms with Crippen LogP contribution in [0.1, 0.15) is 16.8 Å². The molecule has 3 aromatic rings. The second kappa shape index (κ2) is 8.59. The number of carbonyl (C=O) groups excluding carboxylic acids is 1. The summed E-state index contributed by atoms with van der Waals surface area (Å²) in [5.41, 5.74) is 2.62. The number of hydrogen-bond donors (Lipinski definition) is 0. The highest BCUT2D eigenvalue weighted by molar-refractivity contribution is 5.89. The summed E-state index contributed by atoms with van der Waals surface area (Å²) in [5.74, 6) is 0.229. The number of pyridine rings is 2. The molecule has 5 heteroatoms. The van der Waals surface area contributed by atoms with E-state index in [0.717, 1.165) is 11.1 Å². The molecule has 0 saturated carbocycles. The van der Waals surface area contributed by atoms with E-state index in [0.29, 0.717) is 31.1 Å². The third kappa shape index (κ3) is 4.88. The van der Waals surface area contributed by atoms with Gasteiger partial charge in [0.05, 0.1) is 18.8 Å². The van der Waals surface area contributed by atoms with Gasteiger partial charge in [0.2, 0.25) is 5.88 Å². The number of ether oxygens (including phenoxy) is 2. The van der Waals surface area contributed by atoms with Gasteiger partial charge < -0.3 is 9.47 Å². The molecular formula is C20H18N2O3. The summed E-state index contributed by atoms with van der Waals surface area (Å²) >= 11 is 0. The maximum atomic E-state index is 11.8. The van der Waals surface area contributed by atoms with Crippen LogP contribution in [-0.2, 0) is 4.74 Å². The largest absolute Gasteiger partial charge is 0.478 e. The summed E-state index contributed by atoms with van der Waals surface area (Å²) in [7, 11) is 0. The molecule has 0 aliphatic carbocycles. The van der Waals surface area contributed by atoms with Gasteiger partial charge in [-0.05, 0) is 35.9 Å². The van der Waals surface area contributed by atoms with Crippen molar-refractivity contribution in [1.82, 2.24) is 9.97 Å². The van der Waals surface area contributed by atoms with E-state index in [2.05, 4.69) is 9.97 Å². The number of carbonyl (C=O) groups is 1. The average molecular weight is 334 g/mol. The molecule has 2 heterocycles. The lowest BCUT2D eigenvalue weighted by Gasteiger charge is -2.07. The monoisotopic (exact) mass is 334 g/mol. The minimum Gasteiger partial charge on any atom is -0.478 e. The van der Waals surface area contributed by atoms with Crippen LogP contribution in [0.2, 0.25) is 0 Å². The summed E-state index contributed by atoms with van der Waals surface area (Å²) in [6.45, 7) is 0.743. The Balaban J connectivity index is 1.40.